The standard InChI is InChI=1S/C19H11FN2O2S/c20-13-8-4-3-7-12(13)17-15-16(21-19-22(17)14(23)9-25-19)10-5-1-2-6-11(10)18(15)24/h1-8,17H,9H2/t17-/m0/s1. The smallest absolute Gasteiger partial charge is 0.239 e. The predicted octanol–water partition coefficient (Wildman–Crippen LogP) is 3.42. The molecule has 0 bridgehead atoms. The Morgan fingerprint density at radius 1 is 1.04 bits per heavy atom. The highest BCUT2D eigenvalue weighted by atomic mass is 32.2. The summed E-state index contributed by atoms with van der Waals surface area (Å²) in [6.45, 7) is 0. The van der Waals surface area contributed by atoms with Crippen LogP contribution in [0.4, 0.5) is 4.39 Å². The van der Waals surface area contributed by atoms with E-state index in [1.54, 1.807) is 30.3 Å². The summed E-state index contributed by atoms with van der Waals surface area (Å²) in [5.74, 6) is -0.534. The van der Waals surface area contributed by atoms with Gasteiger partial charge in [0.05, 0.1) is 23.1 Å². The van der Waals surface area contributed by atoms with Crippen LogP contribution >= 0.6 is 11.8 Å². The molecule has 0 spiro atoms. The van der Waals surface area contributed by atoms with Crippen LogP contribution in [0, 0.1) is 5.82 Å². The van der Waals surface area contributed by atoms with Gasteiger partial charge in [-0.2, -0.15) is 0 Å². The first-order valence-corrected chi connectivity index (χ1v) is 8.81. The molecule has 6 heteroatoms. The highest BCUT2D eigenvalue weighted by Crippen LogP contribution is 2.48. The summed E-state index contributed by atoms with van der Waals surface area (Å²) in [6, 6.07) is 12.7. The first kappa shape index (κ1) is 14.6. The summed E-state index contributed by atoms with van der Waals surface area (Å²) in [7, 11) is 0. The molecular formula is C19H11FN2O2S. The van der Waals surface area contributed by atoms with Crippen LogP contribution in [0.15, 0.2) is 59.1 Å². The van der Waals surface area contributed by atoms with Gasteiger partial charge in [-0.05, 0) is 6.07 Å². The second kappa shape index (κ2) is 5.13. The quantitative estimate of drug-likeness (QED) is 0.792. The second-order valence-corrected chi connectivity index (χ2v) is 6.95. The van der Waals surface area contributed by atoms with Crippen LogP contribution in [0.5, 0.6) is 0 Å². The number of carbonyl (C=O) groups is 2. The monoisotopic (exact) mass is 350 g/mol. The second-order valence-electron chi connectivity index (χ2n) is 6.01. The molecule has 122 valence electrons. The largest absolute Gasteiger partial charge is 0.289 e. The molecule has 5 rings (SSSR count). The van der Waals surface area contributed by atoms with Crippen LogP contribution in [0.3, 0.4) is 0 Å². The predicted molar refractivity (Wildman–Crippen MR) is 93.6 cm³/mol. The first-order chi connectivity index (χ1) is 12.2. The lowest BCUT2D eigenvalue weighted by Gasteiger charge is -2.32. The number of amidine groups is 1. The highest BCUT2D eigenvalue weighted by molar-refractivity contribution is 8.15. The number of hydrogen-bond acceptors (Lipinski definition) is 4. The van der Waals surface area contributed by atoms with Gasteiger partial charge in [-0.3, -0.25) is 14.5 Å². The van der Waals surface area contributed by atoms with Gasteiger partial charge < -0.3 is 0 Å². The number of nitrogens with zero attached hydrogens (tertiary/aromatic N) is 2. The molecule has 0 N–H and O–H groups in total. The molecule has 2 aromatic carbocycles. The molecule has 3 aliphatic rings. The Morgan fingerprint density at radius 2 is 1.76 bits per heavy atom. The van der Waals surface area contributed by atoms with Gasteiger partial charge in [-0.25, -0.2) is 9.38 Å². The van der Waals surface area contributed by atoms with Gasteiger partial charge >= 0.3 is 0 Å². The Hall–Kier alpha value is -2.73. The molecule has 1 saturated heterocycles. The number of ketones is 1. The Morgan fingerprint density at radius 3 is 2.56 bits per heavy atom. The van der Waals surface area contributed by atoms with Crippen molar-refractivity contribution in [2.24, 2.45) is 4.99 Å². The van der Waals surface area contributed by atoms with Gasteiger partial charge in [-0.15, -0.1) is 0 Å². The Balaban J connectivity index is 1.80. The van der Waals surface area contributed by atoms with E-state index in [0.717, 1.165) is 5.56 Å². The maximum absolute atomic E-state index is 14.6. The van der Waals surface area contributed by atoms with Crippen molar-refractivity contribution in [3.63, 3.8) is 0 Å². The van der Waals surface area contributed by atoms with Crippen molar-refractivity contribution in [2.75, 3.05) is 5.75 Å². The minimum atomic E-state index is -0.772. The molecule has 0 aromatic heterocycles. The van der Waals surface area contributed by atoms with Gasteiger partial charge in [0.25, 0.3) is 0 Å². The molecule has 1 aliphatic carbocycles. The average Bonchev–Trinajstić information content (AvgIpc) is 3.14. The van der Waals surface area contributed by atoms with E-state index in [1.165, 1.54) is 22.7 Å². The number of rotatable bonds is 1. The van der Waals surface area contributed by atoms with Crippen LogP contribution in [-0.2, 0) is 4.79 Å². The van der Waals surface area contributed by atoms with Gasteiger partial charge in [0.2, 0.25) is 5.91 Å². The SMILES string of the molecule is O=C1C2=C(N=C3SCC(=O)N3[C@H]2c2ccccc2F)c2ccccc21. The van der Waals surface area contributed by atoms with Gasteiger partial charge in [0.1, 0.15) is 5.82 Å². The van der Waals surface area contributed by atoms with E-state index >= 15 is 0 Å². The topological polar surface area (TPSA) is 49.7 Å². The van der Waals surface area contributed by atoms with Crippen molar-refractivity contribution in [2.45, 2.75) is 6.04 Å². The molecule has 0 radical (unpaired) electrons. The van der Waals surface area contributed by atoms with Crippen LogP contribution < -0.4 is 0 Å². The molecule has 1 fully saturated rings. The fraction of sp³-hybridized carbons (Fsp3) is 0.105. The van der Waals surface area contributed by atoms with Crippen molar-refractivity contribution in [3.05, 3.63) is 76.6 Å². The lowest BCUT2D eigenvalue weighted by molar-refractivity contribution is -0.125. The number of fused-ring (bicyclic) bond motifs is 3. The molecule has 2 heterocycles. The number of amides is 1. The van der Waals surface area contributed by atoms with Crippen LogP contribution in [0.2, 0.25) is 0 Å². The summed E-state index contributed by atoms with van der Waals surface area (Å²) in [6.07, 6.45) is 0. The number of Topliss-reactive ketones (excluding diaryl/α,β-unsaturated/α-hetero) is 1. The van der Waals surface area contributed by atoms with Crippen LogP contribution in [0.25, 0.3) is 5.70 Å². The van der Waals surface area contributed by atoms with Crippen LogP contribution in [-0.4, -0.2) is 27.5 Å². The van der Waals surface area contributed by atoms with Crippen molar-refractivity contribution < 1.29 is 14.0 Å². The zero-order valence-corrected chi connectivity index (χ0v) is 13.7. The molecular weight excluding hydrogens is 339 g/mol. The molecule has 0 unspecified atom stereocenters. The molecule has 4 nitrogen and oxygen atoms in total. The fourth-order valence-corrected chi connectivity index (χ4v) is 4.48. The number of halogens is 1. The number of benzene rings is 2. The summed E-state index contributed by atoms with van der Waals surface area (Å²) in [5.41, 5.74) is 2.56. The zero-order valence-electron chi connectivity index (χ0n) is 12.9. The van der Waals surface area contributed by atoms with Crippen molar-refractivity contribution in [1.29, 1.82) is 0 Å². The van der Waals surface area contributed by atoms with E-state index < -0.39 is 11.9 Å². The minimum absolute atomic E-state index is 0.160. The van der Waals surface area contributed by atoms with Crippen molar-refractivity contribution in [1.82, 2.24) is 4.90 Å². The third-order valence-electron chi connectivity index (χ3n) is 4.66. The average molecular weight is 350 g/mol. The van der Waals surface area contributed by atoms with Crippen LogP contribution in [0.1, 0.15) is 27.5 Å². The number of carbonyl (C=O) groups excluding carboxylic acids is 2. The maximum Gasteiger partial charge on any atom is 0.239 e. The normalized spacial score (nSPS) is 21.2. The third-order valence-corrected chi connectivity index (χ3v) is 5.60. The Labute approximate surface area is 147 Å². The summed E-state index contributed by atoms with van der Waals surface area (Å²) in [5, 5.41) is 0.529. The highest BCUT2D eigenvalue weighted by Gasteiger charge is 2.47. The van der Waals surface area contributed by atoms with Gasteiger partial charge in [0.15, 0.2) is 11.0 Å². The minimum Gasteiger partial charge on any atom is -0.289 e. The summed E-state index contributed by atoms with van der Waals surface area (Å²) in [4.78, 5) is 31.5. The number of aliphatic imine (C=N–C) groups is 1. The van der Waals surface area contributed by atoms with Crippen molar-refractivity contribution >= 4 is 34.3 Å². The van der Waals surface area contributed by atoms with E-state index in [-0.39, 0.29) is 17.4 Å². The maximum atomic E-state index is 14.6. The van der Waals surface area contributed by atoms with Gasteiger partial charge in [0, 0.05) is 16.7 Å². The van der Waals surface area contributed by atoms with E-state index in [1.807, 2.05) is 12.1 Å². The summed E-state index contributed by atoms with van der Waals surface area (Å²) < 4.78 is 14.6. The Kier molecular flexibility index (Phi) is 3.00. The lowest BCUT2D eigenvalue weighted by Crippen LogP contribution is -2.38. The number of thioether (sulfide) groups is 1. The van der Waals surface area contributed by atoms with Crippen molar-refractivity contribution in [3.8, 4) is 0 Å². The first-order valence-electron chi connectivity index (χ1n) is 7.83. The molecule has 2 aromatic rings. The number of hydrogen-bond donors (Lipinski definition) is 0. The molecule has 0 saturated carbocycles. The third kappa shape index (κ3) is 1.91. The molecule has 2 aliphatic heterocycles. The molecule has 1 amide bonds. The van der Waals surface area contributed by atoms with E-state index in [4.69, 9.17) is 0 Å². The molecule has 25 heavy (non-hydrogen) atoms. The summed E-state index contributed by atoms with van der Waals surface area (Å²) >= 11 is 1.32. The van der Waals surface area contributed by atoms with E-state index in [2.05, 4.69) is 4.99 Å². The lowest BCUT2D eigenvalue weighted by atomic mass is 9.93. The van der Waals surface area contributed by atoms with E-state index in [9.17, 15) is 14.0 Å². The van der Waals surface area contributed by atoms with Gasteiger partial charge in [-0.1, -0.05) is 54.2 Å². The van der Waals surface area contributed by atoms with E-state index in [0.29, 0.717) is 27.6 Å². The molecule has 1 atom stereocenters. The fourth-order valence-electron chi connectivity index (χ4n) is 3.59. The Bertz CT molecular complexity index is 1030. The zero-order chi connectivity index (χ0) is 17.1.